The Kier molecular flexibility index (Phi) is 2.28. The van der Waals surface area contributed by atoms with E-state index in [0.717, 1.165) is 18.0 Å². The predicted octanol–water partition coefficient (Wildman–Crippen LogP) is 1.51. The van der Waals surface area contributed by atoms with Crippen molar-refractivity contribution >= 4 is 21.0 Å². The minimum atomic E-state index is -3.63. The lowest BCUT2D eigenvalue weighted by atomic mass is 10.2. The predicted molar refractivity (Wildman–Crippen MR) is 57.1 cm³/mol. The molecule has 0 atom stereocenters. The van der Waals surface area contributed by atoms with Gasteiger partial charge in [-0.1, -0.05) is 18.2 Å². The van der Waals surface area contributed by atoms with Crippen LogP contribution >= 0.6 is 0 Å². The van der Waals surface area contributed by atoms with E-state index in [1.165, 1.54) is 0 Å². The molecular formula is C10H11NO3S. The Balaban J connectivity index is 2.80. The average Bonchev–Trinajstić information content (AvgIpc) is 2.58. The molecule has 0 aliphatic carbocycles. The van der Waals surface area contributed by atoms with Crippen LogP contribution in [0.25, 0.3) is 10.9 Å². The molecule has 4 nitrogen and oxygen atoms in total. The molecule has 0 saturated carbocycles. The number of aryl methyl sites for hydroxylation is 1. The van der Waals surface area contributed by atoms with Crippen LogP contribution < -0.4 is 0 Å². The zero-order chi connectivity index (χ0) is 11.1. The highest BCUT2D eigenvalue weighted by Gasteiger charge is 2.18. The third-order valence-corrected chi connectivity index (χ3v) is 3.73. The van der Waals surface area contributed by atoms with Crippen LogP contribution in [0.4, 0.5) is 0 Å². The van der Waals surface area contributed by atoms with Crippen molar-refractivity contribution in [2.24, 2.45) is 7.05 Å². The minimum Gasteiger partial charge on any atom is -0.333 e. The van der Waals surface area contributed by atoms with Gasteiger partial charge in [-0.15, -0.1) is 0 Å². The highest BCUT2D eigenvalue weighted by Crippen LogP contribution is 2.22. The van der Waals surface area contributed by atoms with Gasteiger partial charge in [0.05, 0.1) is 7.11 Å². The Hall–Kier alpha value is -1.33. The maximum Gasteiger partial charge on any atom is 0.312 e. The molecule has 0 aliphatic rings. The van der Waals surface area contributed by atoms with Crippen LogP contribution in [-0.4, -0.2) is 20.1 Å². The highest BCUT2D eigenvalue weighted by molar-refractivity contribution is 7.86. The number of aromatic nitrogens is 1. The van der Waals surface area contributed by atoms with Crippen LogP contribution in [0.2, 0.25) is 0 Å². The Morgan fingerprint density at radius 1 is 1.27 bits per heavy atom. The van der Waals surface area contributed by atoms with Gasteiger partial charge in [0.2, 0.25) is 0 Å². The fourth-order valence-electron chi connectivity index (χ4n) is 1.59. The number of benzene rings is 1. The first kappa shape index (κ1) is 10.2. The monoisotopic (exact) mass is 225 g/mol. The number of rotatable bonds is 2. The summed E-state index contributed by atoms with van der Waals surface area (Å²) in [7, 11) is -0.765. The van der Waals surface area contributed by atoms with Gasteiger partial charge >= 0.3 is 10.1 Å². The molecule has 0 unspecified atom stereocenters. The number of hydrogen-bond donors (Lipinski definition) is 0. The smallest absolute Gasteiger partial charge is 0.312 e. The Morgan fingerprint density at radius 3 is 2.53 bits per heavy atom. The Bertz CT molecular complexity index is 598. The quantitative estimate of drug-likeness (QED) is 0.728. The van der Waals surface area contributed by atoms with Crippen LogP contribution in [0, 0.1) is 0 Å². The molecule has 5 heteroatoms. The van der Waals surface area contributed by atoms with Gasteiger partial charge in [-0.25, -0.2) is 0 Å². The molecule has 15 heavy (non-hydrogen) atoms. The molecule has 80 valence electrons. The van der Waals surface area contributed by atoms with E-state index in [1.807, 2.05) is 24.3 Å². The highest BCUT2D eigenvalue weighted by atomic mass is 32.2. The normalized spacial score (nSPS) is 12.1. The van der Waals surface area contributed by atoms with Gasteiger partial charge in [-0.05, 0) is 12.1 Å². The molecule has 0 radical (unpaired) electrons. The summed E-state index contributed by atoms with van der Waals surface area (Å²) < 4.78 is 29.2. The molecular weight excluding hydrogens is 214 g/mol. The number of nitrogens with zero attached hydrogens (tertiary/aromatic N) is 1. The molecule has 0 bridgehead atoms. The van der Waals surface area contributed by atoms with Crippen LogP contribution in [0.15, 0.2) is 35.4 Å². The summed E-state index contributed by atoms with van der Waals surface area (Å²) in [5.41, 5.74) is 0.869. The Morgan fingerprint density at radius 2 is 1.93 bits per heavy atom. The summed E-state index contributed by atoms with van der Waals surface area (Å²) in [4.78, 5) is 0. The van der Waals surface area contributed by atoms with E-state index in [9.17, 15) is 8.42 Å². The lowest BCUT2D eigenvalue weighted by Gasteiger charge is -2.02. The Labute approximate surface area is 88.2 Å². The van der Waals surface area contributed by atoms with E-state index in [2.05, 4.69) is 4.18 Å². The van der Waals surface area contributed by atoms with E-state index in [1.54, 1.807) is 17.7 Å². The van der Waals surface area contributed by atoms with Crippen molar-refractivity contribution in [1.82, 2.24) is 4.57 Å². The van der Waals surface area contributed by atoms with Crippen molar-refractivity contribution in [1.29, 1.82) is 0 Å². The van der Waals surface area contributed by atoms with Crippen molar-refractivity contribution in [2.75, 3.05) is 7.11 Å². The third-order valence-electron chi connectivity index (χ3n) is 2.38. The first-order valence-corrected chi connectivity index (χ1v) is 5.82. The van der Waals surface area contributed by atoms with Crippen molar-refractivity contribution in [2.45, 2.75) is 5.03 Å². The van der Waals surface area contributed by atoms with Gasteiger partial charge in [0.25, 0.3) is 0 Å². The van der Waals surface area contributed by atoms with Gasteiger partial charge in [0, 0.05) is 18.0 Å². The average molecular weight is 225 g/mol. The maximum atomic E-state index is 11.5. The minimum absolute atomic E-state index is 0.172. The maximum absolute atomic E-state index is 11.5. The van der Waals surface area contributed by atoms with Crippen LogP contribution in [-0.2, 0) is 21.3 Å². The van der Waals surface area contributed by atoms with E-state index in [-0.39, 0.29) is 5.03 Å². The molecule has 0 saturated heterocycles. The standard InChI is InChI=1S/C10H11NO3S/c1-11-9-6-4-3-5-8(9)7-10(11)15(12,13)14-2/h3-7H,1-2H3. The van der Waals surface area contributed by atoms with E-state index >= 15 is 0 Å². The molecule has 2 aromatic rings. The summed E-state index contributed by atoms with van der Waals surface area (Å²) in [5.74, 6) is 0. The largest absolute Gasteiger partial charge is 0.333 e. The van der Waals surface area contributed by atoms with E-state index in [4.69, 9.17) is 0 Å². The summed E-state index contributed by atoms with van der Waals surface area (Å²) in [5, 5.41) is 1.06. The second-order valence-corrected chi connectivity index (χ2v) is 4.88. The van der Waals surface area contributed by atoms with Crippen LogP contribution in [0.5, 0.6) is 0 Å². The molecule has 0 N–H and O–H groups in total. The third kappa shape index (κ3) is 1.53. The van der Waals surface area contributed by atoms with Gasteiger partial charge < -0.3 is 4.57 Å². The molecule has 0 amide bonds. The molecule has 0 aliphatic heterocycles. The molecule has 1 heterocycles. The van der Waals surface area contributed by atoms with Gasteiger partial charge in [0.1, 0.15) is 0 Å². The first-order valence-electron chi connectivity index (χ1n) is 4.41. The van der Waals surface area contributed by atoms with Gasteiger partial charge in [-0.2, -0.15) is 8.42 Å². The van der Waals surface area contributed by atoms with Crippen molar-refractivity contribution in [3.63, 3.8) is 0 Å². The van der Waals surface area contributed by atoms with Crippen molar-refractivity contribution in [3.05, 3.63) is 30.3 Å². The van der Waals surface area contributed by atoms with Crippen molar-refractivity contribution in [3.8, 4) is 0 Å². The topological polar surface area (TPSA) is 48.3 Å². The molecule has 0 spiro atoms. The summed E-state index contributed by atoms with van der Waals surface area (Å²) in [6.45, 7) is 0. The fourth-order valence-corrected chi connectivity index (χ4v) is 2.46. The number of para-hydroxylation sites is 1. The fraction of sp³-hybridized carbons (Fsp3) is 0.200. The van der Waals surface area contributed by atoms with E-state index < -0.39 is 10.1 Å². The number of fused-ring (bicyclic) bond motifs is 1. The van der Waals surface area contributed by atoms with Crippen molar-refractivity contribution < 1.29 is 12.6 Å². The zero-order valence-corrected chi connectivity index (χ0v) is 9.28. The molecule has 1 aromatic heterocycles. The number of hydrogen-bond acceptors (Lipinski definition) is 3. The van der Waals surface area contributed by atoms with E-state index in [0.29, 0.717) is 0 Å². The second kappa shape index (κ2) is 3.36. The second-order valence-electron chi connectivity index (χ2n) is 3.22. The van der Waals surface area contributed by atoms with Gasteiger partial charge in [0.15, 0.2) is 5.03 Å². The summed E-state index contributed by atoms with van der Waals surface area (Å²) >= 11 is 0. The summed E-state index contributed by atoms with van der Waals surface area (Å²) in [6, 6.07) is 9.07. The lowest BCUT2D eigenvalue weighted by Crippen LogP contribution is -2.07. The molecule has 2 rings (SSSR count). The summed E-state index contributed by atoms with van der Waals surface area (Å²) in [6.07, 6.45) is 0. The first-order chi connectivity index (χ1) is 7.06. The van der Waals surface area contributed by atoms with Gasteiger partial charge in [-0.3, -0.25) is 4.18 Å². The van der Waals surface area contributed by atoms with Crippen LogP contribution in [0.3, 0.4) is 0 Å². The SMILES string of the molecule is COS(=O)(=O)c1cc2ccccc2n1C. The molecule has 0 fully saturated rings. The lowest BCUT2D eigenvalue weighted by molar-refractivity contribution is 0.393. The zero-order valence-electron chi connectivity index (χ0n) is 8.47. The molecule has 1 aromatic carbocycles. The van der Waals surface area contributed by atoms with Crippen LogP contribution in [0.1, 0.15) is 0 Å².